The van der Waals surface area contributed by atoms with Gasteiger partial charge in [0, 0.05) is 10.5 Å². The first-order valence-electron chi connectivity index (χ1n) is 5.82. The van der Waals surface area contributed by atoms with Crippen molar-refractivity contribution >= 4 is 38.9 Å². The van der Waals surface area contributed by atoms with E-state index in [-0.39, 0.29) is 18.2 Å². The standard InChI is InChI=1S/C13H9BrN4O2/c14-7-1-2-8-10(5-7)16-13(20)6-11(15-8)9-3-4-12(19)18-17-9/h1-5H,6H2,(H,16,20)(H,18,19). The van der Waals surface area contributed by atoms with Crippen molar-refractivity contribution in [3.63, 3.8) is 0 Å². The summed E-state index contributed by atoms with van der Waals surface area (Å²) in [6.07, 6.45) is 0.103. The predicted molar refractivity (Wildman–Crippen MR) is 77.3 cm³/mol. The maximum absolute atomic E-state index is 11.9. The minimum absolute atomic E-state index is 0.103. The van der Waals surface area contributed by atoms with E-state index >= 15 is 0 Å². The van der Waals surface area contributed by atoms with Crippen LogP contribution in [0.1, 0.15) is 12.1 Å². The monoisotopic (exact) mass is 332 g/mol. The van der Waals surface area contributed by atoms with Crippen LogP contribution in [0.25, 0.3) is 0 Å². The van der Waals surface area contributed by atoms with E-state index in [1.165, 1.54) is 6.07 Å². The largest absolute Gasteiger partial charge is 0.492 e. The number of aromatic nitrogens is 2. The molecule has 1 aliphatic rings. The minimum Gasteiger partial charge on any atom is -0.492 e. The molecule has 100 valence electrons. The Morgan fingerprint density at radius 2 is 2.05 bits per heavy atom. The average molecular weight is 333 g/mol. The van der Waals surface area contributed by atoms with Gasteiger partial charge in [-0.3, -0.25) is 4.79 Å². The number of carbonyl (C=O) groups excluding carboxylic acids is 1. The number of aliphatic imine (C=N–C) groups is 1. The summed E-state index contributed by atoms with van der Waals surface area (Å²) in [5, 5.41) is 19.4. The van der Waals surface area contributed by atoms with Gasteiger partial charge in [0.2, 0.25) is 11.8 Å². The van der Waals surface area contributed by atoms with Crippen LogP contribution < -0.4 is 5.32 Å². The Morgan fingerprint density at radius 1 is 1.20 bits per heavy atom. The number of benzene rings is 1. The Balaban J connectivity index is 2.08. The highest BCUT2D eigenvalue weighted by Crippen LogP contribution is 2.31. The molecule has 1 aliphatic heterocycles. The number of anilines is 1. The number of rotatable bonds is 1. The molecule has 0 radical (unpaired) electrons. The number of aromatic hydroxyl groups is 1. The van der Waals surface area contributed by atoms with Gasteiger partial charge in [0.05, 0.1) is 23.5 Å². The van der Waals surface area contributed by atoms with E-state index in [9.17, 15) is 4.79 Å². The summed E-state index contributed by atoms with van der Waals surface area (Å²) >= 11 is 3.35. The van der Waals surface area contributed by atoms with Crippen LogP contribution in [0, 0.1) is 0 Å². The number of amides is 1. The lowest BCUT2D eigenvalue weighted by molar-refractivity contribution is -0.115. The summed E-state index contributed by atoms with van der Waals surface area (Å²) in [7, 11) is 0. The second-order valence-electron chi connectivity index (χ2n) is 4.22. The SMILES string of the molecule is O=C1CC(c2ccc(O)nn2)=Nc2ccc(Br)cc2N1. The van der Waals surface area contributed by atoms with E-state index in [0.29, 0.717) is 22.8 Å². The quantitative estimate of drug-likeness (QED) is 0.839. The number of carbonyl (C=O) groups is 1. The topological polar surface area (TPSA) is 87.5 Å². The normalized spacial score (nSPS) is 14.1. The number of hydrogen-bond donors (Lipinski definition) is 2. The average Bonchev–Trinajstić information content (AvgIpc) is 2.57. The lowest BCUT2D eigenvalue weighted by atomic mass is 10.2. The van der Waals surface area contributed by atoms with E-state index in [0.717, 1.165) is 4.47 Å². The fourth-order valence-corrected chi connectivity index (χ4v) is 2.23. The Hall–Kier alpha value is -2.28. The molecule has 20 heavy (non-hydrogen) atoms. The zero-order chi connectivity index (χ0) is 14.1. The fraction of sp³-hybridized carbons (Fsp3) is 0.0769. The summed E-state index contributed by atoms with van der Waals surface area (Å²) in [6, 6.07) is 8.44. The predicted octanol–water partition coefficient (Wildman–Crippen LogP) is 2.41. The number of nitrogens with one attached hydrogen (secondary N) is 1. The fourth-order valence-electron chi connectivity index (χ4n) is 1.86. The summed E-state index contributed by atoms with van der Waals surface area (Å²) in [4.78, 5) is 16.4. The highest BCUT2D eigenvalue weighted by atomic mass is 79.9. The zero-order valence-electron chi connectivity index (χ0n) is 10.2. The molecule has 6 nitrogen and oxygen atoms in total. The molecule has 0 bridgehead atoms. The van der Waals surface area contributed by atoms with E-state index in [1.807, 2.05) is 6.07 Å². The second-order valence-corrected chi connectivity index (χ2v) is 5.14. The van der Waals surface area contributed by atoms with Gasteiger partial charge in [-0.05, 0) is 24.3 Å². The van der Waals surface area contributed by atoms with Gasteiger partial charge in [-0.1, -0.05) is 15.9 Å². The molecule has 0 spiro atoms. The molecule has 1 amide bonds. The van der Waals surface area contributed by atoms with Gasteiger partial charge in [-0.25, -0.2) is 4.99 Å². The molecule has 1 aromatic carbocycles. The van der Waals surface area contributed by atoms with E-state index in [1.54, 1.807) is 18.2 Å². The summed E-state index contributed by atoms with van der Waals surface area (Å²) in [6.45, 7) is 0. The molecule has 3 rings (SSSR count). The Morgan fingerprint density at radius 3 is 2.80 bits per heavy atom. The van der Waals surface area contributed by atoms with Crippen molar-refractivity contribution in [1.29, 1.82) is 0 Å². The molecule has 0 atom stereocenters. The molecular weight excluding hydrogens is 324 g/mol. The maximum atomic E-state index is 11.9. The van der Waals surface area contributed by atoms with E-state index in [2.05, 4.69) is 36.4 Å². The molecule has 0 saturated heterocycles. The Labute approximate surface area is 122 Å². The number of fused-ring (bicyclic) bond motifs is 1. The summed E-state index contributed by atoms with van der Waals surface area (Å²) in [5.74, 6) is -0.341. The highest BCUT2D eigenvalue weighted by Gasteiger charge is 2.18. The first-order chi connectivity index (χ1) is 9.61. The van der Waals surface area contributed by atoms with Crippen LogP contribution in [-0.4, -0.2) is 26.9 Å². The van der Waals surface area contributed by atoms with Crippen LogP contribution in [0.2, 0.25) is 0 Å². The van der Waals surface area contributed by atoms with Gasteiger partial charge in [0.1, 0.15) is 5.69 Å². The van der Waals surface area contributed by atoms with Crippen LogP contribution in [0.4, 0.5) is 11.4 Å². The summed E-state index contributed by atoms with van der Waals surface area (Å²) < 4.78 is 0.861. The van der Waals surface area contributed by atoms with Crippen molar-refractivity contribution in [2.24, 2.45) is 4.99 Å². The number of hydrogen-bond acceptors (Lipinski definition) is 5. The van der Waals surface area contributed by atoms with E-state index in [4.69, 9.17) is 5.11 Å². The molecule has 0 saturated carbocycles. The first kappa shape index (κ1) is 12.7. The van der Waals surface area contributed by atoms with Gasteiger partial charge in [-0.15, -0.1) is 10.2 Å². The Bertz CT molecular complexity index is 713. The molecule has 2 aromatic rings. The van der Waals surface area contributed by atoms with Crippen molar-refractivity contribution in [3.05, 3.63) is 40.5 Å². The van der Waals surface area contributed by atoms with Crippen LogP contribution >= 0.6 is 15.9 Å². The van der Waals surface area contributed by atoms with Crippen LogP contribution in [-0.2, 0) is 4.79 Å². The van der Waals surface area contributed by atoms with Gasteiger partial charge in [-0.2, -0.15) is 0 Å². The second kappa shape index (κ2) is 5.01. The third-order valence-corrected chi connectivity index (χ3v) is 3.26. The van der Waals surface area contributed by atoms with Crippen molar-refractivity contribution in [1.82, 2.24) is 10.2 Å². The van der Waals surface area contributed by atoms with Gasteiger partial charge >= 0.3 is 0 Å². The first-order valence-corrected chi connectivity index (χ1v) is 6.61. The molecule has 7 heteroatoms. The van der Waals surface area contributed by atoms with E-state index < -0.39 is 0 Å². The lowest BCUT2D eigenvalue weighted by Gasteiger charge is -2.04. The van der Waals surface area contributed by atoms with Crippen molar-refractivity contribution in [2.45, 2.75) is 6.42 Å². The van der Waals surface area contributed by atoms with Gasteiger partial charge in [0.25, 0.3) is 0 Å². The molecule has 0 unspecified atom stereocenters. The van der Waals surface area contributed by atoms with Crippen molar-refractivity contribution in [3.8, 4) is 5.88 Å². The lowest BCUT2D eigenvalue weighted by Crippen LogP contribution is -2.15. The molecular formula is C13H9BrN4O2. The molecule has 1 aromatic heterocycles. The smallest absolute Gasteiger partial charge is 0.230 e. The highest BCUT2D eigenvalue weighted by molar-refractivity contribution is 9.10. The zero-order valence-corrected chi connectivity index (χ0v) is 11.8. The van der Waals surface area contributed by atoms with Crippen molar-refractivity contribution in [2.75, 3.05) is 5.32 Å². The minimum atomic E-state index is -0.171. The third-order valence-electron chi connectivity index (χ3n) is 2.76. The molecule has 2 heterocycles. The maximum Gasteiger partial charge on any atom is 0.230 e. The number of nitrogens with zero attached hydrogens (tertiary/aromatic N) is 3. The molecule has 0 fully saturated rings. The van der Waals surface area contributed by atoms with Gasteiger partial charge in [0.15, 0.2) is 0 Å². The number of halogens is 1. The van der Waals surface area contributed by atoms with Crippen LogP contribution in [0.3, 0.4) is 0 Å². The molecule has 2 N–H and O–H groups in total. The van der Waals surface area contributed by atoms with Gasteiger partial charge < -0.3 is 10.4 Å². The van der Waals surface area contributed by atoms with Crippen LogP contribution in [0.5, 0.6) is 5.88 Å². The third kappa shape index (κ3) is 2.53. The van der Waals surface area contributed by atoms with Crippen LogP contribution in [0.15, 0.2) is 39.8 Å². The summed E-state index contributed by atoms with van der Waals surface area (Å²) in [5.41, 5.74) is 2.28. The molecule has 0 aliphatic carbocycles. The Kier molecular flexibility index (Phi) is 3.19. The van der Waals surface area contributed by atoms with Crippen molar-refractivity contribution < 1.29 is 9.90 Å².